The Bertz CT molecular complexity index is 895. The van der Waals surface area contributed by atoms with E-state index in [1.807, 2.05) is 74.5 Å². The van der Waals surface area contributed by atoms with Gasteiger partial charge < -0.3 is 9.47 Å². The molecule has 0 N–H and O–H groups in total. The van der Waals surface area contributed by atoms with Crippen molar-refractivity contribution in [3.05, 3.63) is 71.8 Å². The fraction of sp³-hybridized carbons (Fsp3) is 0.462. The maximum absolute atomic E-state index is 12.8. The maximum Gasteiger partial charge on any atom is 0.335 e. The molecule has 6 heteroatoms. The van der Waals surface area contributed by atoms with E-state index in [9.17, 15) is 9.59 Å². The van der Waals surface area contributed by atoms with Gasteiger partial charge in [-0.15, -0.1) is 0 Å². The van der Waals surface area contributed by atoms with Crippen molar-refractivity contribution in [1.29, 1.82) is 0 Å². The van der Waals surface area contributed by atoms with E-state index in [4.69, 9.17) is 9.47 Å². The predicted octanol–water partition coefficient (Wildman–Crippen LogP) is 5.20. The first-order chi connectivity index (χ1) is 15.1. The standard InChI is InChI=1S/C26H34N2O4/c1-20(2)26(5,24(30)32-19-17-22-14-10-7-11-15-22)28-27-25(3,4)23(29)31-18-16-21-12-8-6-9-13-21/h6-15,20H,16-19H2,1-5H3. The molecule has 172 valence electrons. The number of hydrogen-bond acceptors (Lipinski definition) is 6. The molecule has 0 saturated carbocycles. The van der Waals surface area contributed by atoms with Crippen molar-refractivity contribution in [2.75, 3.05) is 13.2 Å². The highest BCUT2D eigenvalue weighted by Gasteiger charge is 2.40. The number of esters is 2. The largest absolute Gasteiger partial charge is 0.464 e. The number of nitrogens with zero attached hydrogens (tertiary/aromatic N) is 2. The molecule has 0 aliphatic carbocycles. The Kier molecular flexibility index (Phi) is 9.12. The van der Waals surface area contributed by atoms with E-state index < -0.39 is 23.0 Å². The van der Waals surface area contributed by atoms with Crippen LogP contribution in [0.2, 0.25) is 0 Å². The Hall–Kier alpha value is -3.02. The summed E-state index contributed by atoms with van der Waals surface area (Å²) in [5.74, 6) is -1.11. The molecule has 32 heavy (non-hydrogen) atoms. The number of rotatable bonds is 11. The van der Waals surface area contributed by atoms with Crippen LogP contribution in [0.15, 0.2) is 70.9 Å². The Morgan fingerprint density at radius 1 is 0.750 bits per heavy atom. The molecule has 0 aliphatic rings. The summed E-state index contributed by atoms with van der Waals surface area (Å²) in [6.45, 7) is 9.20. The summed E-state index contributed by atoms with van der Waals surface area (Å²) in [7, 11) is 0. The van der Waals surface area contributed by atoms with Gasteiger partial charge in [0.05, 0.1) is 13.2 Å². The van der Waals surface area contributed by atoms with Gasteiger partial charge in [-0.3, -0.25) is 0 Å². The van der Waals surface area contributed by atoms with Gasteiger partial charge >= 0.3 is 11.9 Å². The number of ether oxygens (including phenoxy) is 2. The van der Waals surface area contributed by atoms with Crippen LogP contribution in [0, 0.1) is 5.92 Å². The monoisotopic (exact) mass is 438 g/mol. The lowest BCUT2D eigenvalue weighted by molar-refractivity contribution is -0.152. The second-order valence-corrected chi connectivity index (χ2v) is 8.80. The SMILES string of the molecule is CC(C)C(C)(N=NC(C)(C)C(=O)OCCc1ccccc1)C(=O)OCCc1ccccc1. The van der Waals surface area contributed by atoms with E-state index in [-0.39, 0.29) is 19.1 Å². The van der Waals surface area contributed by atoms with Crippen molar-refractivity contribution in [2.45, 2.75) is 58.5 Å². The van der Waals surface area contributed by atoms with Gasteiger partial charge in [0.15, 0.2) is 11.1 Å². The lowest BCUT2D eigenvalue weighted by Crippen LogP contribution is -2.41. The summed E-state index contributed by atoms with van der Waals surface area (Å²) in [6, 6.07) is 19.6. The molecule has 1 atom stereocenters. The van der Waals surface area contributed by atoms with Crippen LogP contribution in [0.5, 0.6) is 0 Å². The molecule has 0 spiro atoms. The zero-order valence-electron chi connectivity index (χ0n) is 19.7. The smallest absolute Gasteiger partial charge is 0.335 e. The first-order valence-electron chi connectivity index (χ1n) is 11.0. The third-order valence-electron chi connectivity index (χ3n) is 5.48. The summed E-state index contributed by atoms with van der Waals surface area (Å²) in [6.07, 6.45) is 1.24. The summed E-state index contributed by atoms with van der Waals surface area (Å²) in [5, 5.41) is 8.50. The van der Waals surface area contributed by atoms with Gasteiger partial charge in [-0.1, -0.05) is 74.5 Å². The highest BCUT2D eigenvalue weighted by atomic mass is 16.5. The molecular formula is C26H34N2O4. The van der Waals surface area contributed by atoms with Crippen molar-refractivity contribution in [1.82, 2.24) is 0 Å². The van der Waals surface area contributed by atoms with Crippen LogP contribution in [0.3, 0.4) is 0 Å². The topological polar surface area (TPSA) is 77.3 Å². The molecule has 2 aromatic carbocycles. The summed E-state index contributed by atoms with van der Waals surface area (Å²) >= 11 is 0. The molecule has 1 unspecified atom stereocenters. The van der Waals surface area contributed by atoms with Gasteiger partial charge in [0.25, 0.3) is 0 Å². The van der Waals surface area contributed by atoms with Gasteiger partial charge in [0.2, 0.25) is 0 Å². The number of benzene rings is 2. The lowest BCUT2D eigenvalue weighted by Gasteiger charge is -2.27. The van der Waals surface area contributed by atoms with Gasteiger partial charge in [0.1, 0.15) is 0 Å². The summed E-state index contributed by atoms with van der Waals surface area (Å²) in [4.78, 5) is 25.4. The Labute approximate surface area is 191 Å². The zero-order chi connectivity index (χ0) is 23.6. The molecule has 2 aromatic rings. The molecular weight excluding hydrogens is 404 g/mol. The van der Waals surface area contributed by atoms with Gasteiger partial charge in [-0.25, -0.2) is 9.59 Å². The van der Waals surface area contributed by atoms with Crippen LogP contribution in [0.25, 0.3) is 0 Å². The zero-order valence-corrected chi connectivity index (χ0v) is 19.7. The first-order valence-corrected chi connectivity index (χ1v) is 11.0. The van der Waals surface area contributed by atoms with Gasteiger partial charge in [-0.2, -0.15) is 10.2 Å². The Balaban J connectivity index is 1.94. The predicted molar refractivity (Wildman–Crippen MR) is 124 cm³/mol. The van der Waals surface area contributed by atoms with Crippen LogP contribution < -0.4 is 0 Å². The van der Waals surface area contributed by atoms with Crippen LogP contribution >= 0.6 is 0 Å². The molecule has 0 aliphatic heterocycles. The van der Waals surface area contributed by atoms with Crippen LogP contribution in [-0.2, 0) is 31.9 Å². The molecule has 0 amide bonds. The summed E-state index contributed by atoms with van der Waals surface area (Å²) < 4.78 is 10.9. The number of azo groups is 1. The Morgan fingerprint density at radius 2 is 1.19 bits per heavy atom. The van der Waals surface area contributed by atoms with Crippen molar-refractivity contribution in [3.63, 3.8) is 0 Å². The third-order valence-corrected chi connectivity index (χ3v) is 5.48. The average Bonchev–Trinajstić information content (AvgIpc) is 2.78. The van der Waals surface area contributed by atoms with Gasteiger partial charge in [0, 0.05) is 12.8 Å². The quantitative estimate of drug-likeness (QED) is 0.357. The number of carbonyl (C=O) groups is 2. The van der Waals surface area contributed by atoms with E-state index in [1.54, 1.807) is 20.8 Å². The van der Waals surface area contributed by atoms with E-state index in [2.05, 4.69) is 10.2 Å². The van der Waals surface area contributed by atoms with Crippen molar-refractivity contribution < 1.29 is 19.1 Å². The fourth-order valence-electron chi connectivity index (χ4n) is 2.80. The first kappa shape index (κ1) is 25.2. The fourth-order valence-corrected chi connectivity index (χ4v) is 2.80. The third kappa shape index (κ3) is 7.29. The molecule has 0 radical (unpaired) electrons. The van der Waals surface area contributed by atoms with E-state index >= 15 is 0 Å². The van der Waals surface area contributed by atoms with Crippen molar-refractivity contribution >= 4 is 11.9 Å². The molecule has 6 nitrogen and oxygen atoms in total. The average molecular weight is 439 g/mol. The van der Waals surface area contributed by atoms with Crippen LogP contribution in [0.1, 0.15) is 45.7 Å². The molecule has 0 heterocycles. The maximum atomic E-state index is 12.8. The number of hydrogen-bond donors (Lipinski definition) is 0. The normalized spacial score (nSPS) is 13.7. The molecule has 0 aromatic heterocycles. The highest BCUT2D eigenvalue weighted by molar-refractivity contribution is 5.81. The second kappa shape index (κ2) is 11.6. The lowest BCUT2D eigenvalue weighted by atomic mass is 9.89. The second-order valence-electron chi connectivity index (χ2n) is 8.80. The molecule has 0 fully saturated rings. The minimum Gasteiger partial charge on any atom is -0.464 e. The Morgan fingerprint density at radius 3 is 1.62 bits per heavy atom. The van der Waals surface area contributed by atoms with Crippen LogP contribution in [-0.4, -0.2) is 36.2 Å². The molecule has 2 rings (SSSR count). The minimum atomic E-state index is -1.21. The number of carbonyl (C=O) groups excluding carboxylic acids is 2. The van der Waals surface area contributed by atoms with Crippen LogP contribution in [0.4, 0.5) is 0 Å². The molecule has 0 saturated heterocycles. The highest BCUT2D eigenvalue weighted by Crippen LogP contribution is 2.26. The van der Waals surface area contributed by atoms with Crippen molar-refractivity contribution in [2.24, 2.45) is 16.1 Å². The van der Waals surface area contributed by atoms with Crippen molar-refractivity contribution in [3.8, 4) is 0 Å². The summed E-state index contributed by atoms with van der Waals surface area (Å²) in [5.41, 5.74) is -0.229. The van der Waals surface area contributed by atoms with E-state index in [0.29, 0.717) is 12.8 Å². The molecule has 0 bridgehead atoms. The minimum absolute atomic E-state index is 0.166. The van der Waals surface area contributed by atoms with Gasteiger partial charge in [-0.05, 0) is 37.8 Å². The van der Waals surface area contributed by atoms with E-state index in [0.717, 1.165) is 11.1 Å². The van der Waals surface area contributed by atoms with E-state index in [1.165, 1.54) is 0 Å².